The fraction of sp³-hybridized carbons (Fsp3) is 0.409. The van der Waals surface area contributed by atoms with Crippen LogP contribution in [-0.2, 0) is 14.3 Å². The van der Waals surface area contributed by atoms with Gasteiger partial charge in [0.25, 0.3) is 0 Å². The first-order chi connectivity index (χ1) is 13.1. The van der Waals surface area contributed by atoms with E-state index in [-0.39, 0.29) is 30.0 Å². The fourth-order valence-corrected chi connectivity index (χ4v) is 3.64. The summed E-state index contributed by atoms with van der Waals surface area (Å²) in [5.41, 5.74) is 0.707. The number of Topliss-reactive ketones (excluding diaryl/α,β-unsaturated/α-hetero) is 1. The van der Waals surface area contributed by atoms with Crippen LogP contribution in [0, 0.1) is 5.92 Å². The number of hydrogen-bond acceptors (Lipinski definition) is 4. The Labute approximate surface area is 159 Å². The monoisotopic (exact) mass is 367 g/mol. The second-order valence-electron chi connectivity index (χ2n) is 7.03. The number of amides is 1. The molecule has 1 aliphatic heterocycles. The van der Waals surface area contributed by atoms with Gasteiger partial charge in [-0.15, -0.1) is 0 Å². The van der Waals surface area contributed by atoms with Crippen LogP contribution in [-0.4, -0.2) is 42.8 Å². The number of likely N-dealkylation sites (tertiary alicyclic amines) is 1. The van der Waals surface area contributed by atoms with Crippen LogP contribution in [0.5, 0.6) is 0 Å². The summed E-state index contributed by atoms with van der Waals surface area (Å²) >= 11 is 0. The van der Waals surface area contributed by atoms with Crippen molar-refractivity contribution in [1.29, 1.82) is 0 Å². The summed E-state index contributed by atoms with van der Waals surface area (Å²) in [7, 11) is 1.35. The lowest BCUT2D eigenvalue weighted by molar-refractivity contribution is -0.141. The quantitative estimate of drug-likeness (QED) is 0.578. The summed E-state index contributed by atoms with van der Waals surface area (Å²) in [5, 5.41) is 2.16. The first-order valence-electron chi connectivity index (χ1n) is 9.46. The molecule has 1 fully saturated rings. The summed E-state index contributed by atoms with van der Waals surface area (Å²) in [6, 6.07) is 13.8. The standard InChI is InChI=1S/C22H25NO4/c1-27-21(25)10-4-9-20(24)23-13-5-8-19(15-23)22(26)18-12-11-16-6-2-3-7-17(16)14-18/h2-3,6-7,11-12,14,19H,4-5,8-10,13,15H2,1H3. The molecule has 1 atom stereocenters. The van der Waals surface area contributed by atoms with Crippen molar-refractivity contribution < 1.29 is 19.1 Å². The number of fused-ring (bicyclic) bond motifs is 1. The van der Waals surface area contributed by atoms with Crippen LogP contribution in [0.1, 0.15) is 42.5 Å². The zero-order valence-electron chi connectivity index (χ0n) is 15.6. The average Bonchev–Trinajstić information content (AvgIpc) is 2.72. The smallest absolute Gasteiger partial charge is 0.305 e. The molecule has 0 radical (unpaired) electrons. The minimum absolute atomic E-state index is 0.00918. The highest BCUT2D eigenvalue weighted by atomic mass is 16.5. The molecular weight excluding hydrogens is 342 g/mol. The van der Waals surface area contributed by atoms with Crippen LogP contribution in [0.2, 0.25) is 0 Å². The number of piperidine rings is 1. The molecule has 1 amide bonds. The van der Waals surface area contributed by atoms with Crippen molar-refractivity contribution in [2.24, 2.45) is 5.92 Å². The van der Waals surface area contributed by atoms with Crippen LogP contribution in [0.15, 0.2) is 42.5 Å². The maximum absolute atomic E-state index is 13.0. The van der Waals surface area contributed by atoms with Crippen molar-refractivity contribution >= 4 is 28.4 Å². The van der Waals surface area contributed by atoms with Gasteiger partial charge in [0.2, 0.25) is 5.91 Å². The van der Waals surface area contributed by atoms with Crippen molar-refractivity contribution in [3.05, 3.63) is 48.0 Å². The zero-order chi connectivity index (χ0) is 19.2. The van der Waals surface area contributed by atoms with Crippen LogP contribution in [0.25, 0.3) is 10.8 Å². The van der Waals surface area contributed by atoms with E-state index in [9.17, 15) is 14.4 Å². The molecule has 0 aromatic heterocycles. The lowest BCUT2D eigenvalue weighted by Gasteiger charge is -2.32. The molecule has 0 saturated carbocycles. The number of esters is 1. The van der Waals surface area contributed by atoms with Gasteiger partial charge < -0.3 is 9.64 Å². The van der Waals surface area contributed by atoms with Gasteiger partial charge in [0.1, 0.15) is 0 Å². The van der Waals surface area contributed by atoms with E-state index < -0.39 is 0 Å². The minimum atomic E-state index is -0.300. The summed E-state index contributed by atoms with van der Waals surface area (Å²) in [5.74, 6) is -0.349. The third-order valence-corrected chi connectivity index (χ3v) is 5.18. The largest absolute Gasteiger partial charge is 0.469 e. The fourth-order valence-electron chi connectivity index (χ4n) is 3.64. The predicted octanol–water partition coefficient (Wildman–Crippen LogP) is 3.60. The molecule has 1 unspecified atom stereocenters. The summed E-state index contributed by atoms with van der Waals surface area (Å²) in [6.07, 6.45) is 2.66. The summed E-state index contributed by atoms with van der Waals surface area (Å²) < 4.78 is 4.60. The van der Waals surface area contributed by atoms with Crippen molar-refractivity contribution in [1.82, 2.24) is 4.90 Å². The number of benzene rings is 2. The highest BCUT2D eigenvalue weighted by molar-refractivity contribution is 6.01. The maximum atomic E-state index is 13.0. The molecule has 0 aliphatic carbocycles. The van der Waals surface area contributed by atoms with Gasteiger partial charge in [0.05, 0.1) is 7.11 Å². The topological polar surface area (TPSA) is 63.7 Å². The molecule has 0 bridgehead atoms. The van der Waals surface area contributed by atoms with Gasteiger partial charge in [-0.25, -0.2) is 0 Å². The number of carbonyl (C=O) groups excluding carboxylic acids is 3. The molecule has 1 heterocycles. The molecule has 0 N–H and O–H groups in total. The summed E-state index contributed by atoms with van der Waals surface area (Å²) in [4.78, 5) is 38.3. The zero-order valence-corrected chi connectivity index (χ0v) is 15.6. The van der Waals surface area contributed by atoms with Crippen molar-refractivity contribution in [3.63, 3.8) is 0 Å². The first-order valence-corrected chi connectivity index (χ1v) is 9.46. The van der Waals surface area contributed by atoms with Gasteiger partial charge in [0, 0.05) is 37.4 Å². The van der Waals surface area contributed by atoms with E-state index in [2.05, 4.69) is 4.74 Å². The Hall–Kier alpha value is -2.69. The van der Waals surface area contributed by atoms with Gasteiger partial charge in [-0.3, -0.25) is 14.4 Å². The molecule has 2 aromatic carbocycles. The molecular formula is C22H25NO4. The van der Waals surface area contributed by atoms with Gasteiger partial charge in [-0.2, -0.15) is 0 Å². The maximum Gasteiger partial charge on any atom is 0.305 e. The predicted molar refractivity (Wildman–Crippen MR) is 103 cm³/mol. The number of ether oxygens (including phenoxy) is 1. The van der Waals surface area contributed by atoms with E-state index in [1.54, 1.807) is 4.90 Å². The average molecular weight is 367 g/mol. The number of rotatable bonds is 6. The SMILES string of the molecule is COC(=O)CCCC(=O)N1CCCC(C(=O)c2ccc3ccccc3c2)C1. The van der Waals surface area contributed by atoms with Crippen molar-refractivity contribution in [3.8, 4) is 0 Å². The van der Waals surface area contributed by atoms with E-state index >= 15 is 0 Å². The Morgan fingerprint density at radius 3 is 2.63 bits per heavy atom. The summed E-state index contributed by atoms with van der Waals surface area (Å²) in [6.45, 7) is 1.14. The Bertz CT molecular complexity index is 845. The number of nitrogens with zero attached hydrogens (tertiary/aromatic N) is 1. The van der Waals surface area contributed by atoms with E-state index in [0.29, 0.717) is 31.5 Å². The molecule has 142 valence electrons. The molecule has 0 spiro atoms. The van der Waals surface area contributed by atoms with Crippen LogP contribution < -0.4 is 0 Å². The number of methoxy groups -OCH3 is 1. The molecule has 2 aromatic rings. The van der Waals surface area contributed by atoms with E-state index in [1.807, 2.05) is 42.5 Å². The highest BCUT2D eigenvalue weighted by Crippen LogP contribution is 2.24. The van der Waals surface area contributed by atoms with Gasteiger partial charge >= 0.3 is 5.97 Å². The Kier molecular flexibility index (Phi) is 6.22. The van der Waals surface area contributed by atoms with Gasteiger partial charge in [0.15, 0.2) is 5.78 Å². The Morgan fingerprint density at radius 2 is 1.85 bits per heavy atom. The number of ketones is 1. The third kappa shape index (κ3) is 4.73. The minimum Gasteiger partial charge on any atom is -0.469 e. The van der Waals surface area contributed by atoms with Gasteiger partial charge in [-0.05, 0) is 36.1 Å². The van der Waals surface area contributed by atoms with Crippen LogP contribution in [0.3, 0.4) is 0 Å². The molecule has 3 rings (SSSR count). The molecule has 1 saturated heterocycles. The van der Waals surface area contributed by atoms with Gasteiger partial charge in [-0.1, -0.05) is 36.4 Å². The Balaban J connectivity index is 1.61. The molecule has 1 aliphatic rings. The van der Waals surface area contributed by atoms with Crippen LogP contribution in [0.4, 0.5) is 0 Å². The normalized spacial score (nSPS) is 16.9. The van der Waals surface area contributed by atoms with E-state index in [1.165, 1.54) is 7.11 Å². The lowest BCUT2D eigenvalue weighted by atomic mass is 9.89. The van der Waals surface area contributed by atoms with E-state index in [0.717, 1.165) is 23.6 Å². The first kappa shape index (κ1) is 19.1. The van der Waals surface area contributed by atoms with Crippen molar-refractivity contribution in [2.45, 2.75) is 32.1 Å². The number of hydrogen-bond donors (Lipinski definition) is 0. The molecule has 5 heteroatoms. The Morgan fingerprint density at radius 1 is 1.07 bits per heavy atom. The third-order valence-electron chi connectivity index (χ3n) is 5.18. The highest BCUT2D eigenvalue weighted by Gasteiger charge is 2.28. The number of carbonyl (C=O) groups is 3. The molecule has 5 nitrogen and oxygen atoms in total. The molecule has 27 heavy (non-hydrogen) atoms. The van der Waals surface area contributed by atoms with E-state index in [4.69, 9.17) is 0 Å². The van der Waals surface area contributed by atoms with Crippen LogP contribution >= 0.6 is 0 Å². The lowest BCUT2D eigenvalue weighted by Crippen LogP contribution is -2.42. The second kappa shape index (κ2) is 8.80. The second-order valence-corrected chi connectivity index (χ2v) is 7.03. The van der Waals surface area contributed by atoms with Crippen molar-refractivity contribution in [2.75, 3.05) is 20.2 Å².